The van der Waals surface area contributed by atoms with Crippen LogP contribution in [0.3, 0.4) is 0 Å². The Hall–Kier alpha value is -3.91. The van der Waals surface area contributed by atoms with Gasteiger partial charge in [-0.1, -0.05) is 48.5 Å². The summed E-state index contributed by atoms with van der Waals surface area (Å²) in [6.07, 6.45) is 2.86. The van der Waals surface area contributed by atoms with Gasteiger partial charge in [0.15, 0.2) is 11.5 Å². The maximum atomic E-state index is 12.7. The Bertz CT molecular complexity index is 1350. The van der Waals surface area contributed by atoms with Crippen molar-refractivity contribution >= 4 is 34.5 Å². The van der Waals surface area contributed by atoms with Gasteiger partial charge in [-0.05, 0) is 36.2 Å². The van der Waals surface area contributed by atoms with Crippen molar-refractivity contribution in [3.05, 3.63) is 90.1 Å². The average molecular weight is 518 g/mol. The van der Waals surface area contributed by atoms with Crippen molar-refractivity contribution < 1.29 is 19.1 Å². The quantitative estimate of drug-likeness (QED) is 0.270. The summed E-state index contributed by atoms with van der Waals surface area (Å²) >= 11 is 1.52. The van der Waals surface area contributed by atoms with Crippen molar-refractivity contribution in [1.29, 1.82) is 0 Å². The summed E-state index contributed by atoms with van der Waals surface area (Å²) in [6, 6.07) is 23.3. The Kier molecular flexibility index (Phi) is 9.10. The molecule has 1 heterocycles. The van der Waals surface area contributed by atoms with Crippen LogP contribution < -0.4 is 20.1 Å². The van der Waals surface area contributed by atoms with Crippen molar-refractivity contribution in [3.8, 4) is 11.5 Å². The summed E-state index contributed by atoms with van der Waals surface area (Å²) in [7, 11) is 3.10. The molecule has 0 spiro atoms. The number of carbonyl (C=O) groups excluding carboxylic acids is 2. The lowest BCUT2D eigenvalue weighted by molar-refractivity contribution is -0.118. The Morgan fingerprint density at radius 1 is 0.865 bits per heavy atom. The van der Waals surface area contributed by atoms with E-state index in [0.717, 1.165) is 22.2 Å². The number of ether oxygens (including phenoxy) is 2. The SMILES string of the molecule is COc1ccc(C(=O)NCCn2cc(SCC(=O)NCCc3ccccc3)c3ccccc32)cc1OC. The van der Waals surface area contributed by atoms with Gasteiger partial charge in [0.2, 0.25) is 5.91 Å². The molecular formula is C29H31N3O4S. The average Bonchev–Trinajstić information content (AvgIpc) is 3.29. The maximum absolute atomic E-state index is 12.7. The number of aromatic nitrogens is 1. The number of nitrogens with one attached hydrogen (secondary N) is 2. The largest absolute Gasteiger partial charge is 0.493 e. The lowest BCUT2D eigenvalue weighted by Crippen LogP contribution is -2.27. The van der Waals surface area contributed by atoms with E-state index >= 15 is 0 Å². The molecular weight excluding hydrogens is 486 g/mol. The van der Waals surface area contributed by atoms with Crippen molar-refractivity contribution in [2.45, 2.75) is 17.9 Å². The number of benzene rings is 3. The number of hydrogen-bond acceptors (Lipinski definition) is 5. The molecule has 0 bridgehead atoms. The molecule has 0 saturated carbocycles. The summed E-state index contributed by atoms with van der Waals surface area (Å²) in [6.45, 7) is 1.67. The predicted octanol–water partition coefficient (Wildman–Crippen LogP) is 4.54. The van der Waals surface area contributed by atoms with Crippen LogP contribution in [0, 0.1) is 0 Å². The molecule has 0 saturated heterocycles. The third kappa shape index (κ3) is 6.86. The molecule has 192 valence electrons. The molecule has 0 aliphatic rings. The molecule has 0 atom stereocenters. The first kappa shape index (κ1) is 26.2. The number of carbonyl (C=O) groups is 2. The van der Waals surface area contributed by atoms with Gasteiger partial charge in [0.1, 0.15) is 0 Å². The second kappa shape index (κ2) is 12.9. The molecule has 2 amide bonds. The third-order valence-corrected chi connectivity index (χ3v) is 7.02. The highest BCUT2D eigenvalue weighted by atomic mass is 32.2. The van der Waals surface area contributed by atoms with Gasteiger partial charge in [-0.15, -0.1) is 11.8 Å². The summed E-state index contributed by atoms with van der Waals surface area (Å²) in [5.41, 5.74) is 2.77. The van der Waals surface area contributed by atoms with Gasteiger partial charge in [-0.2, -0.15) is 0 Å². The molecule has 4 aromatic rings. The van der Waals surface area contributed by atoms with Crippen LogP contribution in [0.2, 0.25) is 0 Å². The molecule has 8 heteroatoms. The van der Waals surface area contributed by atoms with Crippen molar-refractivity contribution in [2.24, 2.45) is 0 Å². The molecule has 3 aromatic carbocycles. The van der Waals surface area contributed by atoms with Crippen LogP contribution in [0.15, 0.2) is 83.9 Å². The summed E-state index contributed by atoms with van der Waals surface area (Å²) < 4.78 is 12.6. The molecule has 7 nitrogen and oxygen atoms in total. The van der Waals surface area contributed by atoms with Crippen LogP contribution >= 0.6 is 11.8 Å². The van der Waals surface area contributed by atoms with E-state index in [4.69, 9.17) is 9.47 Å². The standard InChI is InChI=1S/C29H31N3O4S/c1-35-25-13-12-22(18-26(25)36-2)29(34)31-16-17-32-19-27(23-10-6-7-11-24(23)32)37-20-28(33)30-15-14-21-8-4-3-5-9-21/h3-13,18-19H,14-17,20H2,1-2H3,(H,30,33)(H,31,34). The van der Waals surface area contributed by atoms with Crippen molar-refractivity contribution in [3.63, 3.8) is 0 Å². The van der Waals surface area contributed by atoms with Crippen molar-refractivity contribution in [1.82, 2.24) is 15.2 Å². The van der Waals surface area contributed by atoms with Gasteiger partial charge in [0.05, 0.1) is 20.0 Å². The minimum Gasteiger partial charge on any atom is -0.493 e. The van der Waals surface area contributed by atoms with Crippen LogP contribution in [-0.2, 0) is 17.8 Å². The number of amides is 2. The number of nitrogens with zero attached hydrogens (tertiary/aromatic N) is 1. The number of para-hydroxylation sites is 1. The van der Waals surface area contributed by atoms with Crippen LogP contribution in [0.4, 0.5) is 0 Å². The molecule has 0 aliphatic heterocycles. The van der Waals surface area contributed by atoms with E-state index in [1.807, 2.05) is 30.3 Å². The predicted molar refractivity (Wildman–Crippen MR) is 148 cm³/mol. The van der Waals surface area contributed by atoms with E-state index in [2.05, 4.69) is 45.7 Å². The smallest absolute Gasteiger partial charge is 0.251 e. The van der Waals surface area contributed by atoms with E-state index in [0.29, 0.717) is 42.4 Å². The van der Waals surface area contributed by atoms with Gasteiger partial charge in [-0.3, -0.25) is 9.59 Å². The summed E-state index contributed by atoms with van der Waals surface area (Å²) in [5, 5.41) is 7.07. The van der Waals surface area contributed by atoms with Crippen molar-refractivity contribution in [2.75, 3.05) is 33.1 Å². The Morgan fingerprint density at radius 2 is 1.62 bits per heavy atom. The first-order chi connectivity index (χ1) is 18.1. The Labute approximate surface area is 221 Å². The van der Waals surface area contributed by atoms with E-state index < -0.39 is 0 Å². The zero-order valence-corrected chi connectivity index (χ0v) is 21.8. The Morgan fingerprint density at radius 3 is 2.41 bits per heavy atom. The molecule has 0 radical (unpaired) electrons. The fraction of sp³-hybridized carbons (Fsp3) is 0.241. The van der Waals surface area contributed by atoms with Gasteiger partial charge >= 0.3 is 0 Å². The van der Waals surface area contributed by atoms with E-state index in [1.165, 1.54) is 17.3 Å². The minimum absolute atomic E-state index is 0.0138. The number of hydrogen-bond donors (Lipinski definition) is 2. The van der Waals surface area contributed by atoms with Crippen LogP contribution in [0.5, 0.6) is 11.5 Å². The zero-order valence-electron chi connectivity index (χ0n) is 21.0. The number of fused-ring (bicyclic) bond motifs is 1. The molecule has 0 aliphatic carbocycles. The number of thioether (sulfide) groups is 1. The van der Waals surface area contributed by atoms with E-state index in [-0.39, 0.29) is 11.8 Å². The molecule has 0 unspecified atom stereocenters. The fourth-order valence-corrected chi connectivity index (χ4v) is 4.99. The monoisotopic (exact) mass is 517 g/mol. The number of methoxy groups -OCH3 is 2. The van der Waals surface area contributed by atoms with E-state index in [1.54, 1.807) is 32.4 Å². The molecule has 2 N–H and O–H groups in total. The first-order valence-electron chi connectivity index (χ1n) is 12.1. The minimum atomic E-state index is -0.181. The highest BCUT2D eigenvalue weighted by Crippen LogP contribution is 2.30. The second-order valence-corrected chi connectivity index (χ2v) is 9.42. The molecule has 4 rings (SSSR count). The fourth-order valence-electron chi connectivity index (χ4n) is 4.07. The molecule has 37 heavy (non-hydrogen) atoms. The first-order valence-corrected chi connectivity index (χ1v) is 13.1. The maximum Gasteiger partial charge on any atom is 0.251 e. The molecule has 0 fully saturated rings. The lowest BCUT2D eigenvalue weighted by atomic mass is 10.1. The zero-order chi connectivity index (χ0) is 26.0. The normalized spacial score (nSPS) is 10.8. The number of rotatable bonds is 12. The molecule has 1 aromatic heterocycles. The topological polar surface area (TPSA) is 81.6 Å². The highest BCUT2D eigenvalue weighted by molar-refractivity contribution is 8.00. The van der Waals surface area contributed by atoms with Gasteiger partial charge in [0, 0.05) is 47.2 Å². The second-order valence-electron chi connectivity index (χ2n) is 8.40. The van der Waals surface area contributed by atoms with Crippen LogP contribution in [-0.4, -0.2) is 49.4 Å². The summed E-state index contributed by atoms with van der Waals surface area (Å²) in [5.74, 6) is 1.27. The van der Waals surface area contributed by atoms with Gasteiger partial charge < -0.3 is 24.7 Å². The summed E-state index contributed by atoms with van der Waals surface area (Å²) in [4.78, 5) is 26.1. The van der Waals surface area contributed by atoms with Gasteiger partial charge in [0.25, 0.3) is 5.91 Å². The third-order valence-electron chi connectivity index (χ3n) is 5.97. The Balaban J connectivity index is 1.32. The highest BCUT2D eigenvalue weighted by Gasteiger charge is 2.13. The lowest BCUT2D eigenvalue weighted by Gasteiger charge is -2.10. The van der Waals surface area contributed by atoms with Crippen LogP contribution in [0.1, 0.15) is 15.9 Å². The van der Waals surface area contributed by atoms with Crippen LogP contribution in [0.25, 0.3) is 10.9 Å². The van der Waals surface area contributed by atoms with Gasteiger partial charge in [-0.25, -0.2) is 0 Å². The van der Waals surface area contributed by atoms with E-state index in [9.17, 15) is 9.59 Å².